The van der Waals surface area contributed by atoms with Crippen LogP contribution in [0.15, 0.2) is 42.5 Å². The van der Waals surface area contributed by atoms with Crippen molar-refractivity contribution in [3.8, 4) is 5.75 Å². The van der Waals surface area contributed by atoms with E-state index in [0.29, 0.717) is 5.75 Å². The van der Waals surface area contributed by atoms with Gasteiger partial charge in [-0.15, -0.1) is 0 Å². The molecule has 0 amide bonds. The lowest BCUT2D eigenvalue weighted by Crippen LogP contribution is -2.32. The lowest BCUT2D eigenvalue weighted by atomic mass is 10.0. The van der Waals surface area contributed by atoms with Crippen molar-refractivity contribution in [1.82, 2.24) is 0 Å². The second-order valence-corrected chi connectivity index (χ2v) is 6.29. The van der Waals surface area contributed by atoms with E-state index < -0.39 is 0 Å². The molecule has 0 unspecified atom stereocenters. The molecule has 0 fully saturated rings. The summed E-state index contributed by atoms with van der Waals surface area (Å²) in [7, 11) is 2.04. The molecular weight excluding hydrogens is 306 g/mol. The van der Waals surface area contributed by atoms with Crippen molar-refractivity contribution in [2.45, 2.75) is 13.8 Å². The molecule has 116 valence electrons. The van der Waals surface area contributed by atoms with Crippen molar-refractivity contribution in [2.75, 3.05) is 0 Å². The van der Waals surface area contributed by atoms with Gasteiger partial charge in [0.25, 0.3) is 0 Å². The standard InChI is InChI=1S/C20H18ClNO/c1-13-10-15(11-14(2)20(13)23)4-7-18-8-5-16-12-17(21)6-9-19(16)22(18)3/h4-12H,1-3H3/p+1. The maximum absolute atomic E-state index is 9.86. The van der Waals surface area contributed by atoms with Gasteiger partial charge in [-0.2, -0.15) is 4.57 Å². The highest BCUT2D eigenvalue weighted by Crippen LogP contribution is 2.24. The van der Waals surface area contributed by atoms with E-state index in [0.717, 1.165) is 38.3 Å². The first-order valence-corrected chi connectivity index (χ1v) is 7.90. The molecule has 0 spiro atoms. The zero-order valence-electron chi connectivity index (χ0n) is 13.5. The van der Waals surface area contributed by atoms with Gasteiger partial charge in [0.15, 0.2) is 0 Å². The molecule has 1 aromatic heterocycles. The number of phenols is 1. The summed E-state index contributed by atoms with van der Waals surface area (Å²) in [5.41, 5.74) is 5.09. The van der Waals surface area contributed by atoms with Crippen LogP contribution in [-0.4, -0.2) is 5.11 Å². The Morgan fingerprint density at radius 2 is 1.65 bits per heavy atom. The third kappa shape index (κ3) is 3.08. The van der Waals surface area contributed by atoms with Gasteiger partial charge < -0.3 is 5.11 Å². The van der Waals surface area contributed by atoms with Crippen LogP contribution in [-0.2, 0) is 7.05 Å². The lowest BCUT2D eigenvalue weighted by molar-refractivity contribution is -0.646. The van der Waals surface area contributed by atoms with Crippen LogP contribution < -0.4 is 4.57 Å². The van der Waals surface area contributed by atoms with Crippen LogP contribution in [0, 0.1) is 13.8 Å². The molecule has 0 atom stereocenters. The number of rotatable bonds is 2. The molecule has 0 aliphatic heterocycles. The number of halogens is 1. The van der Waals surface area contributed by atoms with Crippen molar-refractivity contribution in [3.63, 3.8) is 0 Å². The lowest BCUT2D eigenvalue weighted by Gasteiger charge is -2.05. The van der Waals surface area contributed by atoms with Crippen molar-refractivity contribution in [3.05, 3.63) is 69.9 Å². The summed E-state index contributed by atoms with van der Waals surface area (Å²) in [5.74, 6) is 0.371. The quantitative estimate of drug-likeness (QED) is 0.672. The molecular formula is C20H19ClNO+. The minimum absolute atomic E-state index is 0.371. The number of hydrogen-bond donors (Lipinski definition) is 1. The fraction of sp³-hybridized carbons (Fsp3) is 0.150. The summed E-state index contributed by atoms with van der Waals surface area (Å²) in [6.07, 6.45) is 4.15. The number of benzene rings is 2. The zero-order valence-corrected chi connectivity index (χ0v) is 14.2. The molecule has 1 N–H and O–H groups in total. The van der Waals surface area contributed by atoms with Crippen LogP contribution in [0.1, 0.15) is 22.4 Å². The van der Waals surface area contributed by atoms with E-state index in [1.54, 1.807) is 0 Å². The fourth-order valence-electron chi connectivity index (χ4n) is 2.82. The predicted octanol–water partition coefficient (Wildman–Crippen LogP) is 4.81. The molecule has 0 radical (unpaired) electrons. The van der Waals surface area contributed by atoms with Crippen LogP contribution in [0.5, 0.6) is 5.75 Å². The van der Waals surface area contributed by atoms with Crippen LogP contribution >= 0.6 is 11.6 Å². The number of pyridine rings is 1. The molecule has 1 heterocycles. The molecule has 0 aliphatic rings. The van der Waals surface area contributed by atoms with E-state index in [2.05, 4.69) is 28.9 Å². The van der Waals surface area contributed by atoms with Crippen molar-refractivity contribution in [2.24, 2.45) is 7.05 Å². The van der Waals surface area contributed by atoms with Gasteiger partial charge >= 0.3 is 0 Å². The third-order valence-electron chi connectivity index (χ3n) is 4.13. The Morgan fingerprint density at radius 3 is 2.35 bits per heavy atom. The zero-order chi connectivity index (χ0) is 16.6. The van der Waals surface area contributed by atoms with Crippen molar-refractivity contribution in [1.29, 1.82) is 0 Å². The van der Waals surface area contributed by atoms with Crippen LogP contribution in [0.3, 0.4) is 0 Å². The molecule has 3 heteroatoms. The van der Waals surface area contributed by atoms with Crippen LogP contribution in [0.25, 0.3) is 23.1 Å². The van der Waals surface area contributed by atoms with Gasteiger partial charge in [-0.25, -0.2) is 0 Å². The molecule has 0 aliphatic carbocycles. The number of aromatic nitrogens is 1. The van der Waals surface area contributed by atoms with Crippen LogP contribution in [0.2, 0.25) is 5.02 Å². The first-order valence-electron chi connectivity index (χ1n) is 7.52. The van der Waals surface area contributed by atoms with Gasteiger partial charge in [0.1, 0.15) is 12.8 Å². The molecule has 0 saturated heterocycles. The molecule has 3 rings (SSSR count). The molecule has 0 saturated carbocycles. The average molecular weight is 325 g/mol. The maximum atomic E-state index is 9.86. The molecule has 2 aromatic carbocycles. The second-order valence-electron chi connectivity index (χ2n) is 5.86. The summed E-state index contributed by atoms with van der Waals surface area (Å²) in [5, 5.41) is 11.7. The first kappa shape index (κ1) is 15.6. The molecule has 3 aromatic rings. The van der Waals surface area contributed by atoms with Crippen LogP contribution in [0.4, 0.5) is 0 Å². The van der Waals surface area contributed by atoms with Gasteiger partial charge in [0.05, 0.1) is 0 Å². The summed E-state index contributed by atoms with van der Waals surface area (Å²) < 4.78 is 2.14. The number of aromatic hydroxyl groups is 1. The third-order valence-corrected chi connectivity index (χ3v) is 4.37. The van der Waals surface area contributed by atoms with Crippen molar-refractivity contribution >= 4 is 34.7 Å². The monoisotopic (exact) mass is 324 g/mol. The van der Waals surface area contributed by atoms with E-state index in [4.69, 9.17) is 11.6 Å². The topological polar surface area (TPSA) is 24.1 Å². The second kappa shape index (κ2) is 6.05. The molecule has 0 bridgehead atoms. The van der Waals surface area contributed by atoms with Gasteiger partial charge in [-0.05, 0) is 66.9 Å². The number of hydrogen-bond acceptors (Lipinski definition) is 1. The van der Waals surface area contributed by atoms with E-state index in [1.807, 2.05) is 51.2 Å². The predicted molar refractivity (Wildman–Crippen MR) is 96.6 cm³/mol. The number of phenolic OH excluding ortho intramolecular Hbond substituents is 1. The molecule has 23 heavy (non-hydrogen) atoms. The highest BCUT2D eigenvalue weighted by atomic mass is 35.5. The Bertz CT molecular complexity index is 905. The summed E-state index contributed by atoms with van der Waals surface area (Å²) in [4.78, 5) is 0. The van der Waals surface area contributed by atoms with Gasteiger partial charge in [-0.3, -0.25) is 0 Å². The smallest absolute Gasteiger partial charge is 0.212 e. The van der Waals surface area contributed by atoms with E-state index >= 15 is 0 Å². The number of nitrogens with zero attached hydrogens (tertiary/aromatic N) is 1. The number of fused-ring (bicyclic) bond motifs is 1. The Hall–Kier alpha value is -2.32. The largest absolute Gasteiger partial charge is 0.507 e. The summed E-state index contributed by atoms with van der Waals surface area (Å²) >= 11 is 6.05. The molecule has 2 nitrogen and oxygen atoms in total. The number of aryl methyl sites for hydroxylation is 3. The maximum Gasteiger partial charge on any atom is 0.212 e. The van der Waals surface area contributed by atoms with Crippen molar-refractivity contribution < 1.29 is 9.67 Å². The van der Waals surface area contributed by atoms with E-state index in [-0.39, 0.29) is 0 Å². The highest BCUT2D eigenvalue weighted by molar-refractivity contribution is 6.31. The van der Waals surface area contributed by atoms with E-state index in [1.165, 1.54) is 0 Å². The minimum Gasteiger partial charge on any atom is -0.507 e. The average Bonchev–Trinajstić information content (AvgIpc) is 2.51. The summed E-state index contributed by atoms with van der Waals surface area (Å²) in [6.45, 7) is 3.83. The Morgan fingerprint density at radius 1 is 0.957 bits per heavy atom. The van der Waals surface area contributed by atoms with Gasteiger partial charge in [0, 0.05) is 28.6 Å². The normalized spacial score (nSPS) is 11.5. The summed E-state index contributed by atoms with van der Waals surface area (Å²) in [6, 6.07) is 14.0. The fourth-order valence-corrected chi connectivity index (χ4v) is 3.01. The minimum atomic E-state index is 0.371. The Kier molecular flexibility index (Phi) is 4.10. The SMILES string of the molecule is Cc1cc(C=Cc2ccc3cc(Cl)ccc3[n+]2C)cc(C)c1O. The van der Waals surface area contributed by atoms with Gasteiger partial charge in [-0.1, -0.05) is 11.6 Å². The Labute approximate surface area is 141 Å². The van der Waals surface area contributed by atoms with Gasteiger partial charge in [0.2, 0.25) is 11.2 Å². The first-order chi connectivity index (χ1) is 11.0. The Balaban J connectivity index is 2.01. The highest BCUT2D eigenvalue weighted by Gasteiger charge is 2.09. The van der Waals surface area contributed by atoms with E-state index in [9.17, 15) is 5.11 Å².